The topological polar surface area (TPSA) is 223 Å². The van der Waals surface area contributed by atoms with E-state index >= 15 is 0 Å². The summed E-state index contributed by atoms with van der Waals surface area (Å²) in [4.78, 5) is 69.2. The molecule has 1 unspecified atom stereocenters. The third-order valence-electron chi connectivity index (χ3n) is 10.7. The minimum Gasteiger partial charge on any atom is -0.507 e. The van der Waals surface area contributed by atoms with Crippen LogP contribution in [-0.2, 0) is 32.0 Å². The van der Waals surface area contributed by atoms with Crippen LogP contribution in [0.15, 0.2) is 84.9 Å². The van der Waals surface area contributed by atoms with Crippen molar-refractivity contribution in [1.82, 2.24) is 26.2 Å². The fourth-order valence-corrected chi connectivity index (χ4v) is 7.29. The van der Waals surface area contributed by atoms with E-state index < -0.39 is 54.4 Å². The summed E-state index contributed by atoms with van der Waals surface area (Å²) >= 11 is 0. The maximum atomic E-state index is 14.4. The molecule has 4 bridgehead atoms. The van der Waals surface area contributed by atoms with Crippen LogP contribution in [0.5, 0.6) is 11.5 Å². The van der Waals surface area contributed by atoms with Crippen LogP contribution in [-0.4, -0.2) is 94.6 Å². The first kappa shape index (κ1) is 44.8. The second-order valence-electron chi connectivity index (χ2n) is 15.2. The lowest BCUT2D eigenvalue weighted by Gasteiger charge is -2.32. The number of aliphatic hydroxyl groups excluding tert-OH is 1. The molecule has 14 nitrogen and oxygen atoms in total. The van der Waals surface area contributed by atoms with E-state index in [4.69, 9.17) is 5.73 Å². The summed E-state index contributed by atoms with van der Waals surface area (Å²) in [5, 5.41) is 42.8. The van der Waals surface area contributed by atoms with Gasteiger partial charge < -0.3 is 47.2 Å². The molecule has 318 valence electrons. The Morgan fingerprint density at radius 1 is 0.867 bits per heavy atom. The molecule has 0 spiro atoms. The van der Waals surface area contributed by atoms with Crippen molar-refractivity contribution in [1.29, 1.82) is 0 Å². The third kappa shape index (κ3) is 11.5. The molecule has 14 heteroatoms. The molecule has 4 aromatic carbocycles. The number of unbranched alkanes of at least 4 members (excludes halogenated alkanes) is 1. The Hall–Kier alpha value is -6.25. The van der Waals surface area contributed by atoms with E-state index in [9.17, 15) is 39.3 Å². The Balaban J connectivity index is 1.32. The van der Waals surface area contributed by atoms with Gasteiger partial charge in [-0.05, 0) is 110 Å². The monoisotopic (exact) mass is 820 g/mol. The van der Waals surface area contributed by atoms with Gasteiger partial charge in [-0.25, -0.2) is 0 Å². The van der Waals surface area contributed by atoms with E-state index in [0.717, 1.165) is 24.0 Å². The SMILES string of the molecule is CCCc1ccc(-c2ccc(C(=O)NCCC(=O)NC(CCCCN)C(=O)N(C)[C@@H]3C(=O)N[C@@H](C)C(=O)N[C@H](CO)Cc4ccc(O)c(c4)-c4cc3ccc4O)cc2)cc1. The van der Waals surface area contributed by atoms with E-state index in [2.05, 4.69) is 52.5 Å². The second-order valence-corrected chi connectivity index (χ2v) is 15.2. The van der Waals surface area contributed by atoms with Crippen molar-refractivity contribution in [2.45, 2.75) is 83.0 Å². The Labute approximate surface area is 350 Å². The van der Waals surface area contributed by atoms with E-state index in [0.29, 0.717) is 30.5 Å². The summed E-state index contributed by atoms with van der Waals surface area (Å²) in [7, 11) is 1.40. The maximum Gasteiger partial charge on any atom is 0.251 e. The number of phenolic OH excluding ortho intramolecular Hbond substituents is 2. The van der Waals surface area contributed by atoms with Gasteiger partial charge in [0.1, 0.15) is 29.6 Å². The van der Waals surface area contributed by atoms with Crippen LogP contribution in [0, 0.1) is 0 Å². The minimum atomic E-state index is -1.37. The van der Waals surface area contributed by atoms with Gasteiger partial charge in [-0.15, -0.1) is 0 Å². The number of aryl methyl sites for hydroxylation is 1. The highest BCUT2D eigenvalue weighted by atomic mass is 16.3. The smallest absolute Gasteiger partial charge is 0.251 e. The second kappa shape index (κ2) is 21.1. The molecular formula is C46H56N6O8. The number of aliphatic hydroxyl groups is 1. The van der Waals surface area contributed by atoms with Crippen LogP contribution >= 0.6 is 0 Å². The van der Waals surface area contributed by atoms with Crippen molar-refractivity contribution in [3.63, 3.8) is 0 Å². The molecule has 1 heterocycles. The van der Waals surface area contributed by atoms with Crippen molar-refractivity contribution in [2.24, 2.45) is 5.73 Å². The molecule has 1 aliphatic rings. The molecule has 4 aromatic rings. The Bertz CT molecular complexity index is 2140. The van der Waals surface area contributed by atoms with Gasteiger partial charge in [-0.2, -0.15) is 0 Å². The number of aromatic hydroxyl groups is 2. The summed E-state index contributed by atoms with van der Waals surface area (Å²) < 4.78 is 0. The van der Waals surface area contributed by atoms with E-state index in [1.54, 1.807) is 24.3 Å². The molecule has 0 saturated carbocycles. The molecule has 5 amide bonds. The van der Waals surface area contributed by atoms with Gasteiger partial charge in [0.05, 0.1) is 12.6 Å². The largest absolute Gasteiger partial charge is 0.507 e. The molecule has 5 rings (SSSR count). The number of nitrogens with two attached hydrogens (primary N) is 1. The van der Waals surface area contributed by atoms with Gasteiger partial charge >= 0.3 is 0 Å². The normalized spacial score (nSPS) is 17.1. The van der Waals surface area contributed by atoms with Crippen LogP contribution in [0.3, 0.4) is 0 Å². The van der Waals surface area contributed by atoms with Crippen LogP contribution in [0.25, 0.3) is 22.3 Å². The molecule has 0 aliphatic carbocycles. The standard InChI is InChI=1S/C46H56N6O8/c1-4-7-29-9-12-31(13-10-29)32-14-16-33(17-15-32)44(58)48-23-21-41(56)51-38(8-5-6-22-47)46(60)52(3)42-34-18-20-40(55)37(26-34)36-25-30(11-19-39(36)54)24-35(27-53)50-43(57)28(2)49-45(42)59/h9-20,25-26,28,35,38,42,53-55H,4-8,21-24,27,47H2,1-3H3,(H,48,58)(H,49,59)(H,50,57)(H,51,56)/t28-,35-,38?,42-/m0/s1. The van der Waals surface area contributed by atoms with Crippen LogP contribution in [0.4, 0.5) is 0 Å². The number of benzene rings is 4. The predicted molar refractivity (Wildman–Crippen MR) is 229 cm³/mol. The Kier molecular flexibility index (Phi) is 15.8. The lowest BCUT2D eigenvalue weighted by atomic mass is 9.93. The highest BCUT2D eigenvalue weighted by molar-refractivity contribution is 5.96. The zero-order chi connectivity index (χ0) is 43.3. The van der Waals surface area contributed by atoms with Gasteiger partial charge in [0.25, 0.3) is 5.91 Å². The van der Waals surface area contributed by atoms with Gasteiger partial charge in [-0.1, -0.05) is 61.9 Å². The number of amides is 5. The molecular weight excluding hydrogens is 765 g/mol. The van der Waals surface area contributed by atoms with Gasteiger partial charge in [0.2, 0.25) is 23.6 Å². The van der Waals surface area contributed by atoms with Crippen molar-refractivity contribution in [3.8, 4) is 33.8 Å². The molecule has 0 saturated heterocycles. The molecule has 4 atom stereocenters. The molecule has 0 aromatic heterocycles. The van der Waals surface area contributed by atoms with E-state index in [-0.39, 0.29) is 59.9 Å². The van der Waals surface area contributed by atoms with Crippen LogP contribution in [0.1, 0.15) is 79.0 Å². The summed E-state index contributed by atoms with van der Waals surface area (Å²) in [6.07, 6.45) is 3.40. The zero-order valence-electron chi connectivity index (χ0n) is 34.4. The average Bonchev–Trinajstić information content (AvgIpc) is 3.24. The van der Waals surface area contributed by atoms with Crippen LogP contribution in [0.2, 0.25) is 0 Å². The molecule has 0 radical (unpaired) electrons. The number of phenols is 2. The number of rotatable bonds is 15. The van der Waals surface area contributed by atoms with Gasteiger partial charge in [0.15, 0.2) is 0 Å². The van der Waals surface area contributed by atoms with E-state index in [1.165, 1.54) is 48.7 Å². The summed E-state index contributed by atoms with van der Waals surface area (Å²) in [5.41, 5.74) is 10.8. The van der Waals surface area contributed by atoms with Crippen molar-refractivity contribution in [2.75, 3.05) is 26.7 Å². The lowest BCUT2D eigenvalue weighted by molar-refractivity contribution is -0.143. The number of carbonyl (C=O) groups is 5. The fourth-order valence-electron chi connectivity index (χ4n) is 7.29. The first-order valence-corrected chi connectivity index (χ1v) is 20.4. The molecule has 1 aliphatic heterocycles. The zero-order valence-corrected chi connectivity index (χ0v) is 34.4. The number of likely N-dealkylation sites (N-methyl/N-ethyl adjacent to an activating group) is 1. The van der Waals surface area contributed by atoms with Gasteiger partial charge in [-0.3, -0.25) is 24.0 Å². The lowest BCUT2D eigenvalue weighted by Crippen LogP contribution is -2.54. The van der Waals surface area contributed by atoms with Crippen molar-refractivity contribution in [3.05, 3.63) is 107 Å². The van der Waals surface area contributed by atoms with Crippen molar-refractivity contribution >= 4 is 29.5 Å². The number of hydrogen-bond acceptors (Lipinski definition) is 9. The Morgan fingerprint density at radius 3 is 2.17 bits per heavy atom. The fraction of sp³-hybridized carbons (Fsp3) is 0.370. The summed E-state index contributed by atoms with van der Waals surface area (Å²) in [6, 6.07) is 20.3. The number of carbonyl (C=O) groups excluding carboxylic acids is 5. The molecule has 9 N–H and O–H groups in total. The minimum absolute atomic E-state index is 0.00267. The first-order chi connectivity index (χ1) is 28.8. The molecule has 0 fully saturated rings. The summed E-state index contributed by atoms with van der Waals surface area (Å²) in [5.74, 6) is -3.12. The maximum absolute atomic E-state index is 14.4. The van der Waals surface area contributed by atoms with Crippen LogP contribution < -0.4 is 27.0 Å². The summed E-state index contributed by atoms with van der Waals surface area (Å²) in [6.45, 7) is 3.56. The average molecular weight is 821 g/mol. The predicted octanol–water partition coefficient (Wildman–Crippen LogP) is 3.86. The first-order valence-electron chi connectivity index (χ1n) is 20.4. The highest BCUT2D eigenvalue weighted by Crippen LogP contribution is 2.39. The highest BCUT2D eigenvalue weighted by Gasteiger charge is 2.35. The molecule has 60 heavy (non-hydrogen) atoms. The van der Waals surface area contributed by atoms with Gasteiger partial charge in [0, 0.05) is 36.7 Å². The number of nitrogens with zero attached hydrogens (tertiary/aromatic N) is 1. The quantitative estimate of drug-likeness (QED) is 0.0815. The number of hydrogen-bond donors (Lipinski definition) is 8. The third-order valence-corrected chi connectivity index (χ3v) is 10.7. The van der Waals surface area contributed by atoms with E-state index in [1.807, 2.05) is 12.1 Å². The van der Waals surface area contributed by atoms with Crippen molar-refractivity contribution < 1.29 is 39.3 Å². The number of nitrogens with one attached hydrogen (secondary N) is 4. The Morgan fingerprint density at radius 2 is 1.52 bits per heavy atom. The number of fused-ring (bicyclic) bond motifs is 5.